The Balaban J connectivity index is 0.000000386. The zero-order valence-electron chi connectivity index (χ0n) is 23.8. The molecule has 4 rings (SSSR count). The molecule has 1 heterocycles. The number of unbranched alkanes of at least 4 members (excludes halogenated alkanes) is 1. The molecule has 12 nitrogen and oxygen atoms in total. The van der Waals surface area contributed by atoms with Gasteiger partial charge in [-0.3, -0.25) is 9.45 Å². The minimum absolute atomic E-state index is 0.0666. The summed E-state index contributed by atoms with van der Waals surface area (Å²) < 4.78 is 75.4. The van der Waals surface area contributed by atoms with E-state index in [9.17, 15) is 20.7 Å². The van der Waals surface area contributed by atoms with Crippen molar-refractivity contribution < 1.29 is 34.7 Å². The summed E-state index contributed by atoms with van der Waals surface area (Å²) >= 11 is 0. The third-order valence-corrected chi connectivity index (χ3v) is 7.67. The van der Waals surface area contributed by atoms with Gasteiger partial charge in [-0.25, -0.2) is 4.99 Å². The lowest BCUT2D eigenvalue weighted by Crippen LogP contribution is -2.54. The first-order chi connectivity index (χ1) is 20.1. The fourth-order valence-corrected chi connectivity index (χ4v) is 4.90. The van der Waals surface area contributed by atoms with Crippen molar-refractivity contribution in [2.75, 3.05) is 18.1 Å². The maximum Gasteiger partial charge on any atom is 0.332 e. The lowest BCUT2D eigenvalue weighted by Gasteiger charge is -2.38. The number of aryl methyl sites for hydroxylation is 1. The van der Waals surface area contributed by atoms with Crippen LogP contribution in [0.3, 0.4) is 0 Å². The molecule has 0 aromatic heterocycles. The van der Waals surface area contributed by atoms with E-state index >= 15 is 0 Å². The van der Waals surface area contributed by atoms with Crippen molar-refractivity contribution in [2.45, 2.75) is 49.1 Å². The number of aliphatic imine (C=N–C) groups is 2. The summed E-state index contributed by atoms with van der Waals surface area (Å²) in [4.78, 5) is 9.71. The molecular formula is C28H34FN5O7S2. The van der Waals surface area contributed by atoms with E-state index in [0.717, 1.165) is 24.1 Å². The molecular weight excluding hydrogens is 601 g/mol. The third-order valence-electron chi connectivity index (χ3n) is 5.97. The Kier molecular flexibility index (Phi) is 10.7. The summed E-state index contributed by atoms with van der Waals surface area (Å²) in [6.07, 6.45) is 1.45. The van der Waals surface area contributed by atoms with Crippen molar-refractivity contribution in [1.29, 1.82) is 0 Å². The Bertz CT molecular complexity index is 1680. The monoisotopic (exact) mass is 635 g/mol. The van der Waals surface area contributed by atoms with Crippen LogP contribution < -0.4 is 25.8 Å². The van der Waals surface area contributed by atoms with Crippen LogP contribution in [0.5, 0.6) is 11.5 Å². The van der Waals surface area contributed by atoms with Crippen LogP contribution >= 0.6 is 0 Å². The van der Waals surface area contributed by atoms with Crippen molar-refractivity contribution in [3.8, 4) is 11.5 Å². The molecule has 0 unspecified atom stereocenters. The van der Waals surface area contributed by atoms with Crippen LogP contribution in [0.25, 0.3) is 0 Å². The second-order valence-corrected chi connectivity index (χ2v) is 12.6. The number of anilines is 1. The minimum atomic E-state index is -4.70. The van der Waals surface area contributed by atoms with Gasteiger partial charge in [-0.2, -0.15) is 21.8 Å². The van der Waals surface area contributed by atoms with Crippen molar-refractivity contribution >= 4 is 37.9 Å². The average molecular weight is 636 g/mol. The fraction of sp³-hybridized carbons (Fsp3) is 0.286. The maximum absolute atomic E-state index is 12.9. The van der Waals surface area contributed by atoms with E-state index in [1.807, 2.05) is 45.0 Å². The summed E-state index contributed by atoms with van der Waals surface area (Å²) in [5.74, 6) is 1.55. The summed E-state index contributed by atoms with van der Waals surface area (Å²) in [5, 5.41) is 0. The normalized spacial score (nSPS) is 14.6. The van der Waals surface area contributed by atoms with Crippen molar-refractivity contribution in [3.63, 3.8) is 0 Å². The number of rotatable bonds is 10. The number of nitrogens with zero attached hydrogens (tertiary/aromatic N) is 3. The molecule has 3 aromatic carbocycles. The zero-order chi connectivity index (χ0) is 31.8. The second-order valence-electron chi connectivity index (χ2n) is 9.87. The van der Waals surface area contributed by atoms with Crippen LogP contribution in [0.15, 0.2) is 92.6 Å². The number of benzene rings is 3. The summed E-state index contributed by atoms with van der Waals surface area (Å²) in [7, 11) is -8.72. The lowest BCUT2D eigenvalue weighted by atomic mass is 10.1. The Morgan fingerprint density at radius 2 is 1.42 bits per heavy atom. The minimum Gasteiger partial charge on any atom is -0.494 e. The largest absolute Gasteiger partial charge is 0.494 e. The van der Waals surface area contributed by atoms with Crippen molar-refractivity contribution in [3.05, 3.63) is 78.4 Å². The highest BCUT2D eigenvalue weighted by molar-refractivity contribution is 7.86. The molecule has 3 aromatic rings. The topological polar surface area (TPSA) is 187 Å². The van der Waals surface area contributed by atoms with E-state index in [-0.39, 0.29) is 16.8 Å². The van der Waals surface area contributed by atoms with Crippen LogP contribution in [0, 0.1) is 6.92 Å². The van der Waals surface area contributed by atoms with E-state index in [0.29, 0.717) is 24.7 Å². The number of halogens is 1. The van der Waals surface area contributed by atoms with Gasteiger partial charge >= 0.3 is 10.2 Å². The van der Waals surface area contributed by atoms with Gasteiger partial charge in [0.15, 0.2) is 0 Å². The average Bonchev–Trinajstić information content (AvgIpc) is 2.90. The van der Waals surface area contributed by atoms with Gasteiger partial charge in [0, 0.05) is 11.8 Å². The molecule has 1 aliphatic heterocycles. The number of hydrogen-bond donors (Lipinski definition) is 3. The van der Waals surface area contributed by atoms with E-state index in [2.05, 4.69) is 9.98 Å². The van der Waals surface area contributed by atoms with Crippen LogP contribution in [0.2, 0.25) is 0 Å². The van der Waals surface area contributed by atoms with Gasteiger partial charge in [-0.1, -0.05) is 23.8 Å². The van der Waals surface area contributed by atoms with Gasteiger partial charge in [-0.05, 0) is 82.1 Å². The smallest absolute Gasteiger partial charge is 0.332 e. The molecule has 0 amide bonds. The van der Waals surface area contributed by atoms with Crippen LogP contribution in [-0.2, 0) is 20.3 Å². The van der Waals surface area contributed by atoms with Crippen molar-refractivity contribution in [2.24, 2.45) is 21.5 Å². The third kappa shape index (κ3) is 9.94. The Labute approximate surface area is 250 Å². The summed E-state index contributed by atoms with van der Waals surface area (Å²) in [5.41, 5.74) is 12.8. The quantitative estimate of drug-likeness (QED) is 0.167. The van der Waals surface area contributed by atoms with Gasteiger partial charge in [0.1, 0.15) is 17.2 Å². The predicted molar refractivity (Wildman–Crippen MR) is 162 cm³/mol. The zero-order valence-corrected chi connectivity index (χ0v) is 25.5. The summed E-state index contributed by atoms with van der Waals surface area (Å²) in [6, 6.07) is 18.6. The number of ether oxygens (including phenoxy) is 2. The maximum atomic E-state index is 12.9. The molecule has 0 saturated carbocycles. The molecule has 1 aliphatic rings. The Hall–Kier alpha value is -4.21. The molecule has 0 radical (unpaired) electrons. The molecule has 0 saturated heterocycles. The Morgan fingerprint density at radius 1 is 0.860 bits per heavy atom. The first-order valence-corrected chi connectivity index (χ1v) is 15.8. The predicted octanol–water partition coefficient (Wildman–Crippen LogP) is 4.01. The molecule has 5 N–H and O–H groups in total. The molecule has 0 atom stereocenters. The van der Waals surface area contributed by atoms with E-state index in [4.69, 9.17) is 25.5 Å². The number of hydrogen-bond acceptors (Lipinski definition) is 11. The van der Waals surface area contributed by atoms with E-state index in [1.165, 1.54) is 36.4 Å². The van der Waals surface area contributed by atoms with Crippen LogP contribution in [0.4, 0.5) is 9.57 Å². The van der Waals surface area contributed by atoms with Gasteiger partial charge in [0.05, 0.1) is 23.0 Å². The molecule has 0 bridgehead atoms. The standard InChI is InChI=1S/C21H26FN5O4S.C7H8O3S/c1-21(2)26-19(23)25-20(24)27(21)15-6-5-7-17(14-15)31-13-4-3-12-30-16-8-10-18(11-9-16)32(22,28)29;1-6-2-4-7(5-3-6)11(8,9)10/h5-11,14H,3-4,12-13H2,1-2H3,(H4,23,24,25,26);2-5H,1H3,(H,8,9,10). The Morgan fingerprint density at radius 3 is 1.95 bits per heavy atom. The summed E-state index contributed by atoms with van der Waals surface area (Å²) in [6.45, 7) is 6.51. The van der Waals surface area contributed by atoms with Gasteiger partial charge in [-0.15, -0.1) is 3.89 Å². The highest BCUT2D eigenvalue weighted by Gasteiger charge is 2.33. The number of nitrogens with two attached hydrogens (primary N) is 2. The number of guanidine groups is 2. The molecule has 232 valence electrons. The van der Waals surface area contributed by atoms with Gasteiger partial charge < -0.3 is 20.9 Å². The SMILES string of the molecule is CC1(C)N=C(N)N=C(N)N1c1cccc(OCCCCOc2ccc(S(=O)(=O)F)cc2)c1.Cc1ccc(S(=O)(=O)O)cc1. The van der Waals surface area contributed by atoms with Crippen LogP contribution in [0.1, 0.15) is 32.3 Å². The molecule has 0 fully saturated rings. The molecule has 43 heavy (non-hydrogen) atoms. The van der Waals surface area contributed by atoms with Gasteiger partial charge in [0.2, 0.25) is 11.9 Å². The van der Waals surface area contributed by atoms with Crippen molar-refractivity contribution in [1.82, 2.24) is 0 Å². The first-order valence-electron chi connectivity index (χ1n) is 13.0. The molecule has 0 spiro atoms. The van der Waals surface area contributed by atoms with Crippen LogP contribution in [-0.4, -0.2) is 52.2 Å². The van der Waals surface area contributed by atoms with E-state index < -0.39 is 30.9 Å². The van der Waals surface area contributed by atoms with E-state index in [1.54, 1.807) is 17.0 Å². The first kappa shape index (κ1) is 33.3. The molecule has 0 aliphatic carbocycles. The highest BCUT2D eigenvalue weighted by Crippen LogP contribution is 2.30. The second kappa shape index (κ2) is 13.8. The fourth-order valence-electron chi connectivity index (χ4n) is 3.96. The highest BCUT2D eigenvalue weighted by atomic mass is 32.3. The lowest BCUT2D eigenvalue weighted by molar-refractivity contribution is 0.266. The van der Waals surface area contributed by atoms with Gasteiger partial charge in [0.25, 0.3) is 10.1 Å². The molecule has 15 heteroatoms.